The number of halogens is 6. The van der Waals surface area contributed by atoms with E-state index in [0.717, 1.165) is 25.7 Å². The molecule has 0 radical (unpaired) electrons. The molecular formula is C17H28F6O. The van der Waals surface area contributed by atoms with Gasteiger partial charge in [0.2, 0.25) is 0 Å². The lowest BCUT2D eigenvalue weighted by Gasteiger charge is -2.37. The number of alkyl halides is 6. The molecule has 0 spiro atoms. The van der Waals surface area contributed by atoms with Crippen LogP contribution in [0.15, 0.2) is 0 Å². The summed E-state index contributed by atoms with van der Waals surface area (Å²) in [6, 6.07) is 0. The summed E-state index contributed by atoms with van der Waals surface area (Å²) in [6.07, 6.45) is -6.61. The first-order valence-electron chi connectivity index (χ1n) is 8.52. The van der Waals surface area contributed by atoms with Crippen molar-refractivity contribution in [2.75, 3.05) is 7.11 Å². The van der Waals surface area contributed by atoms with Gasteiger partial charge in [0.15, 0.2) is 5.41 Å². The second kappa shape index (κ2) is 7.83. The minimum absolute atomic E-state index is 0.0685. The molecule has 2 bridgehead atoms. The van der Waals surface area contributed by atoms with Crippen LogP contribution in [0.5, 0.6) is 0 Å². The first kappa shape index (κ1) is 21.6. The van der Waals surface area contributed by atoms with Gasteiger partial charge in [-0.25, -0.2) is 0 Å². The Bertz CT molecular complexity index is 372. The number of ether oxygens (including phenoxy) is 1. The lowest BCUT2D eigenvalue weighted by molar-refractivity contribution is -0.340. The lowest BCUT2D eigenvalue weighted by Crippen LogP contribution is -2.49. The average Bonchev–Trinajstić information content (AvgIpc) is 3.07. The summed E-state index contributed by atoms with van der Waals surface area (Å²) in [6.45, 7) is 4.47. The van der Waals surface area contributed by atoms with Crippen LogP contribution in [0.1, 0.15) is 59.3 Å². The monoisotopic (exact) mass is 362 g/mol. The van der Waals surface area contributed by atoms with E-state index in [1.165, 1.54) is 0 Å². The van der Waals surface area contributed by atoms with Gasteiger partial charge in [-0.1, -0.05) is 13.3 Å². The number of methoxy groups -OCH3 is 1. The quantitative estimate of drug-likeness (QED) is 0.528. The molecule has 24 heavy (non-hydrogen) atoms. The third-order valence-corrected chi connectivity index (χ3v) is 5.78. The first-order valence-corrected chi connectivity index (χ1v) is 8.52. The van der Waals surface area contributed by atoms with Crippen molar-refractivity contribution in [3.05, 3.63) is 0 Å². The van der Waals surface area contributed by atoms with E-state index in [-0.39, 0.29) is 5.92 Å². The molecule has 2 aliphatic carbocycles. The fourth-order valence-corrected chi connectivity index (χ4v) is 3.71. The predicted molar refractivity (Wildman–Crippen MR) is 80.5 cm³/mol. The molecule has 2 aliphatic rings. The Morgan fingerprint density at radius 3 is 1.79 bits per heavy atom. The molecule has 144 valence electrons. The third kappa shape index (κ3) is 4.79. The molecule has 0 aromatic rings. The second-order valence-corrected chi connectivity index (χ2v) is 7.42. The van der Waals surface area contributed by atoms with E-state index >= 15 is 0 Å². The highest BCUT2D eigenvalue weighted by Gasteiger charge is 2.68. The molecule has 7 heteroatoms. The summed E-state index contributed by atoms with van der Waals surface area (Å²) in [5.74, 6) is 0.00161. The Hall–Kier alpha value is -0.460. The van der Waals surface area contributed by atoms with E-state index in [1.807, 2.05) is 0 Å². The van der Waals surface area contributed by atoms with E-state index in [1.54, 1.807) is 7.11 Å². The van der Waals surface area contributed by atoms with Crippen molar-refractivity contribution in [3.8, 4) is 0 Å². The summed E-state index contributed by atoms with van der Waals surface area (Å²) >= 11 is 0. The summed E-state index contributed by atoms with van der Waals surface area (Å²) in [5.41, 5.74) is -3.56. The number of hydrogen-bond acceptors (Lipinski definition) is 1. The van der Waals surface area contributed by atoms with Crippen molar-refractivity contribution in [1.82, 2.24) is 0 Å². The van der Waals surface area contributed by atoms with Gasteiger partial charge in [-0.15, -0.1) is 0 Å². The smallest absolute Gasteiger partial charge is 0.382 e. The molecule has 0 aromatic heterocycles. The molecule has 2 rings (SSSR count). The van der Waals surface area contributed by atoms with Crippen LogP contribution in [-0.4, -0.2) is 25.6 Å². The highest BCUT2D eigenvalue weighted by Crippen LogP contribution is 2.59. The lowest BCUT2D eigenvalue weighted by atomic mass is 9.74. The van der Waals surface area contributed by atoms with Gasteiger partial charge in [0.25, 0.3) is 0 Å². The number of hydrogen-bond donors (Lipinski definition) is 0. The normalized spacial score (nSPS) is 28.5. The van der Waals surface area contributed by atoms with Crippen LogP contribution in [0, 0.1) is 23.2 Å². The molecule has 0 heterocycles. The van der Waals surface area contributed by atoms with Crippen LogP contribution in [-0.2, 0) is 4.74 Å². The van der Waals surface area contributed by atoms with Crippen LogP contribution in [0.2, 0.25) is 0 Å². The Labute approximate surface area is 140 Å². The molecule has 0 aliphatic heterocycles. The van der Waals surface area contributed by atoms with Crippen molar-refractivity contribution >= 4 is 0 Å². The van der Waals surface area contributed by atoms with E-state index in [2.05, 4.69) is 13.8 Å². The predicted octanol–water partition coefficient (Wildman–Crippen LogP) is 6.37. The highest BCUT2D eigenvalue weighted by atomic mass is 19.4. The molecule has 0 N–H and O–H groups in total. The van der Waals surface area contributed by atoms with Crippen LogP contribution >= 0.6 is 0 Å². The van der Waals surface area contributed by atoms with Gasteiger partial charge in [0.1, 0.15) is 0 Å². The maximum atomic E-state index is 12.8. The van der Waals surface area contributed by atoms with Crippen molar-refractivity contribution in [2.24, 2.45) is 23.2 Å². The second-order valence-electron chi connectivity index (χ2n) is 7.42. The SMILES string of the molecule is CC(CC1CC2CCC1C2)(C(F)(F)F)C(F)(F)F.CCC(C)OC. The van der Waals surface area contributed by atoms with Crippen molar-refractivity contribution in [1.29, 1.82) is 0 Å². The molecule has 4 unspecified atom stereocenters. The van der Waals surface area contributed by atoms with Crippen LogP contribution in [0.3, 0.4) is 0 Å². The Kier molecular flexibility index (Phi) is 7.04. The Morgan fingerprint density at radius 1 is 1.00 bits per heavy atom. The molecule has 1 nitrogen and oxygen atoms in total. The van der Waals surface area contributed by atoms with Crippen molar-refractivity contribution in [3.63, 3.8) is 0 Å². The van der Waals surface area contributed by atoms with E-state index in [4.69, 9.17) is 4.74 Å². The van der Waals surface area contributed by atoms with E-state index < -0.39 is 30.1 Å². The third-order valence-electron chi connectivity index (χ3n) is 5.78. The van der Waals surface area contributed by atoms with Crippen LogP contribution in [0.25, 0.3) is 0 Å². The Morgan fingerprint density at radius 2 is 1.54 bits per heavy atom. The average molecular weight is 362 g/mol. The van der Waals surface area contributed by atoms with E-state index in [9.17, 15) is 26.3 Å². The summed E-state index contributed by atoms with van der Waals surface area (Å²) < 4.78 is 81.6. The zero-order valence-electron chi connectivity index (χ0n) is 14.7. The maximum Gasteiger partial charge on any atom is 0.402 e. The van der Waals surface area contributed by atoms with Gasteiger partial charge in [-0.05, 0) is 63.7 Å². The molecule has 0 amide bonds. The fourth-order valence-electron chi connectivity index (χ4n) is 3.71. The first-order chi connectivity index (χ1) is 10.9. The van der Waals surface area contributed by atoms with Gasteiger partial charge in [-0.2, -0.15) is 26.3 Å². The van der Waals surface area contributed by atoms with Crippen molar-refractivity contribution in [2.45, 2.75) is 77.8 Å². The maximum absolute atomic E-state index is 12.8. The van der Waals surface area contributed by atoms with Gasteiger partial charge in [0.05, 0.1) is 6.10 Å². The molecule has 4 atom stereocenters. The molecular weight excluding hydrogens is 334 g/mol. The van der Waals surface area contributed by atoms with Gasteiger partial charge < -0.3 is 4.74 Å². The summed E-state index contributed by atoms with van der Waals surface area (Å²) in [5, 5.41) is 0. The topological polar surface area (TPSA) is 9.23 Å². The van der Waals surface area contributed by atoms with Crippen LogP contribution in [0.4, 0.5) is 26.3 Å². The fraction of sp³-hybridized carbons (Fsp3) is 1.00. The number of fused-ring (bicyclic) bond motifs is 2. The van der Waals surface area contributed by atoms with Crippen molar-refractivity contribution < 1.29 is 31.1 Å². The molecule has 0 saturated heterocycles. The zero-order valence-corrected chi connectivity index (χ0v) is 14.7. The largest absolute Gasteiger partial charge is 0.402 e. The summed E-state index contributed by atoms with van der Waals surface area (Å²) in [7, 11) is 1.73. The minimum atomic E-state index is -5.23. The Balaban J connectivity index is 0.000000413. The molecule has 2 saturated carbocycles. The van der Waals surface area contributed by atoms with Gasteiger partial charge >= 0.3 is 12.4 Å². The van der Waals surface area contributed by atoms with Crippen LogP contribution < -0.4 is 0 Å². The molecule has 0 aromatic carbocycles. The van der Waals surface area contributed by atoms with E-state index in [0.29, 0.717) is 25.4 Å². The number of rotatable bonds is 4. The highest BCUT2D eigenvalue weighted by molar-refractivity contribution is 4.97. The van der Waals surface area contributed by atoms with Gasteiger partial charge in [0, 0.05) is 7.11 Å². The standard InChI is InChI=1S/C12H16F6.C5H12O/c1-10(11(13,14)15,12(16,17)18)6-9-5-7-2-3-8(9)4-7;1-4-5(2)6-3/h7-9H,2-6H2,1H3;5H,4H2,1-3H3. The summed E-state index contributed by atoms with van der Waals surface area (Å²) in [4.78, 5) is 0. The zero-order chi connectivity index (χ0) is 18.8. The minimum Gasteiger partial charge on any atom is -0.382 e. The molecule has 2 fully saturated rings. The van der Waals surface area contributed by atoms with Gasteiger partial charge in [-0.3, -0.25) is 0 Å².